The molecule has 2 fully saturated rings. The van der Waals surface area contributed by atoms with Crippen LogP contribution in [-0.4, -0.2) is 78.8 Å². The lowest BCUT2D eigenvalue weighted by Crippen LogP contribution is -2.57. The Morgan fingerprint density at radius 1 is 0.950 bits per heavy atom. The summed E-state index contributed by atoms with van der Waals surface area (Å²) < 4.78 is 92.1. The van der Waals surface area contributed by atoms with Crippen molar-refractivity contribution >= 4 is 39.5 Å². The molecule has 18 heteroatoms. The van der Waals surface area contributed by atoms with E-state index in [9.17, 15) is 45.2 Å². The van der Waals surface area contributed by atoms with Crippen molar-refractivity contribution in [1.82, 2.24) is 25.2 Å². The van der Waals surface area contributed by atoms with Crippen LogP contribution in [0.1, 0.15) is 68.1 Å². The summed E-state index contributed by atoms with van der Waals surface area (Å²) in [5.41, 5.74) is -0.405. The quantitative estimate of drug-likeness (QED) is 0.201. The Labute approximate surface area is 344 Å². The van der Waals surface area contributed by atoms with E-state index in [0.29, 0.717) is 42.5 Å². The first-order chi connectivity index (χ1) is 28.7. The molecule has 60 heavy (non-hydrogen) atoms. The Kier molecular flexibility index (Phi) is 12.5. The molecule has 320 valence electrons. The van der Waals surface area contributed by atoms with E-state index in [1.165, 1.54) is 40.1 Å². The number of nitrogens with zero attached hydrogens (tertiary/aromatic N) is 2. The van der Waals surface area contributed by atoms with Gasteiger partial charge in [-0.25, -0.2) is 35.5 Å². The zero-order chi connectivity index (χ0) is 42.8. The number of sulfonamides is 1. The van der Waals surface area contributed by atoms with Gasteiger partial charge in [0.25, 0.3) is 15.9 Å². The van der Waals surface area contributed by atoms with Gasteiger partial charge in [0, 0.05) is 37.5 Å². The van der Waals surface area contributed by atoms with Crippen molar-refractivity contribution in [2.45, 2.75) is 99.6 Å². The Bertz CT molecular complexity index is 2300. The van der Waals surface area contributed by atoms with Crippen molar-refractivity contribution in [3.63, 3.8) is 0 Å². The molecule has 4 N–H and O–H groups in total. The van der Waals surface area contributed by atoms with Gasteiger partial charge in [-0.2, -0.15) is 0 Å². The first-order valence-electron chi connectivity index (χ1n) is 19.9. The number of amides is 4. The zero-order valence-electron chi connectivity index (χ0n) is 32.7. The lowest BCUT2D eigenvalue weighted by atomic mass is 10.0. The molecule has 3 aromatic carbocycles. The average molecular weight is 855 g/mol. The summed E-state index contributed by atoms with van der Waals surface area (Å²) in [5, 5.41) is 8.84. The first-order valence-corrected chi connectivity index (χ1v) is 21.4. The van der Waals surface area contributed by atoms with E-state index in [1.807, 2.05) is 4.72 Å². The molecule has 1 spiro atoms. The number of hydrogen-bond acceptors (Lipinski definition) is 9. The number of nitrogens with one attached hydrogen (secondary N) is 4. The maximum Gasteiger partial charge on any atom is 0.410 e. The van der Waals surface area contributed by atoms with E-state index < -0.39 is 91.6 Å². The molecular formula is C42H46F4N6O7S. The number of hydrogen-bond donors (Lipinski definition) is 4. The molecule has 0 unspecified atom stereocenters. The molecule has 13 nitrogen and oxygen atoms in total. The third-order valence-electron chi connectivity index (χ3n) is 11.6. The van der Waals surface area contributed by atoms with Gasteiger partial charge >= 0.3 is 6.09 Å². The van der Waals surface area contributed by atoms with E-state index in [4.69, 9.17) is 4.74 Å². The second-order valence-corrected chi connectivity index (χ2v) is 17.4. The normalized spacial score (nSPS) is 25.9. The number of carbonyl (C=O) groups excluding carboxylic acids is 4. The summed E-state index contributed by atoms with van der Waals surface area (Å²) in [7, 11) is -4.69. The summed E-state index contributed by atoms with van der Waals surface area (Å²) in [5.74, 6) is -6.62. The van der Waals surface area contributed by atoms with Crippen molar-refractivity contribution in [2.24, 2.45) is 5.92 Å². The summed E-state index contributed by atoms with van der Waals surface area (Å²) in [6.07, 6.45) is 2.91. The van der Waals surface area contributed by atoms with Crippen molar-refractivity contribution in [1.29, 1.82) is 0 Å². The van der Waals surface area contributed by atoms with E-state index in [1.54, 1.807) is 6.07 Å². The van der Waals surface area contributed by atoms with Gasteiger partial charge < -0.3 is 25.6 Å². The van der Waals surface area contributed by atoms with Crippen LogP contribution in [-0.2, 0) is 48.8 Å². The summed E-state index contributed by atoms with van der Waals surface area (Å²) in [6, 6.07) is 8.80. The number of ether oxygens (including phenoxy) is 1. The van der Waals surface area contributed by atoms with Gasteiger partial charge in [0.1, 0.15) is 34.2 Å². The topological polar surface area (TPSA) is 166 Å². The maximum absolute atomic E-state index is 14.6. The molecule has 4 aliphatic rings. The van der Waals surface area contributed by atoms with Crippen molar-refractivity contribution < 1.29 is 49.9 Å². The number of carbonyl (C=O) groups is 4. The predicted octanol–water partition coefficient (Wildman–Crippen LogP) is 5.16. The molecule has 1 saturated heterocycles. The second kappa shape index (κ2) is 17.6. The minimum Gasteiger partial charge on any atom is -0.444 e. The molecule has 5 atom stereocenters. The molecule has 0 aromatic heterocycles. The Hall–Kier alpha value is -5.49. The highest BCUT2D eigenvalue weighted by Crippen LogP contribution is 2.45. The SMILES string of the molecule is C=C[C@@H]1C[C@@]12NC(=O)[C@@H]1C[C@@H](OC(=O)N3Cc4cccc(F)c4C3)CN1C(=O)[C@@H](NCc1ccc(F)c(F)c1)CCCCCCCNc1ccc(F)cc1S(=O)(=O)NC2=O. The van der Waals surface area contributed by atoms with Gasteiger partial charge in [-0.15, -0.1) is 6.58 Å². The fraction of sp³-hybridized carbons (Fsp3) is 0.429. The van der Waals surface area contributed by atoms with Gasteiger partial charge in [0.15, 0.2) is 11.6 Å². The molecule has 0 radical (unpaired) electrons. The van der Waals surface area contributed by atoms with E-state index in [0.717, 1.165) is 37.1 Å². The van der Waals surface area contributed by atoms with Gasteiger partial charge in [-0.1, -0.05) is 50.0 Å². The molecule has 7 rings (SSSR count). The van der Waals surface area contributed by atoms with Crippen molar-refractivity contribution in [3.8, 4) is 0 Å². The monoisotopic (exact) mass is 854 g/mol. The highest BCUT2D eigenvalue weighted by molar-refractivity contribution is 7.90. The first kappa shape index (κ1) is 42.6. The summed E-state index contributed by atoms with van der Waals surface area (Å²) >= 11 is 0. The van der Waals surface area contributed by atoms with Crippen LogP contribution in [0.25, 0.3) is 0 Å². The largest absolute Gasteiger partial charge is 0.444 e. The number of benzene rings is 3. The highest BCUT2D eigenvalue weighted by atomic mass is 32.2. The van der Waals surface area contributed by atoms with Crippen LogP contribution in [0.2, 0.25) is 0 Å². The number of halogens is 4. The minimum atomic E-state index is -4.69. The lowest BCUT2D eigenvalue weighted by Gasteiger charge is -2.30. The number of anilines is 1. The molecule has 0 bridgehead atoms. The van der Waals surface area contributed by atoms with Crippen LogP contribution < -0.4 is 20.7 Å². The molecular weight excluding hydrogens is 809 g/mol. The van der Waals surface area contributed by atoms with Crippen molar-refractivity contribution in [3.05, 3.63) is 107 Å². The van der Waals surface area contributed by atoms with Crippen LogP contribution in [0.4, 0.5) is 28.0 Å². The average Bonchev–Trinajstić information content (AvgIpc) is 3.50. The second-order valence-electron chi connectivity index (χ2n) is 15.7. The van der Waals surface area contributed by atoms with Crippen LogP contribution in [0, 0.1) is 29.2 Å². The summed E-state index contributed by atoms with van der Waals surface area (Å²) in [6.45, 7) is 3.83. The maximum atomic E-state index is 14.6. The lowest BCUT2D eigenvalue weighted by molar-refractivity contribution is -0.141. The fourth-order valence-corrected chi connectivity index (χ4v) is 9.44. The fourth-order valence-electron chi connectivity index (χ4n) is 8.20. The van der Waals surface area contributed by atoms with Crippen LogP contribution >= 0.6 is 0 Å². The molecule has 3 heterocycles. The van der Waals surface area contributed by atoms with Gasteiger partial charge in [0.2, 0.25) is 11.8 Å². The Morgan fingerprint density at radius 3 is 2.48 bits per heavy atom. The third kappa shape index (κ3) is 9.13. The predicted molar refractivity (Wildman–Crippen MR) is 210 cm³/mol. The third-order valence-corrected chi connectivity index (χ3v) is 13.0. The Balaban J connectivity index is 1.17. The molecule has 4 amide bonds. The van der Waals surface area contributed by atoms with Crippen LogP contribution in [0.3, 0.4) is 0 Å². The summed E-state index contributed by atoms with van der Waals surface area (Å²) in [4.78, 5) is 58.5. The van der Waals surface area contributed by atoms with Gasteiger partial charge in [-0.3, -0.25) is 19.3 Å². The van der Waals surface area contributed by atoms with E-state index >= 15 is 0 Å². The minimum absolute atomic E-state index is 0.0291. The number of fused-ring (bicyclic) bond motifs is 3. The van der Waals surface area contributed by atoms with Crippen molar-refractivity contribution in [2.75, 3.05) is 18.4 Å². The van der Waals surface area contributed by atoms with E-state index in [2.05, 4.69) is 22.5 Å². The highest BCUT2D eigenvalue weighted by Gasteiger charge is 2.61. The molecule has 1 saturated carbocycles. The smallest absolute Gasteiger partial charge is 0.410 e. The van der Waals surface area contributed by atoms with Crippen LogP contribution in [0.5, 0.6) is 0 Å². The van der Waals surface area contributed by atoms with Crippen LogP contribution in [0.15, 0.2) is 72.1 Å². The van der Waals surface area contributed by atoms with Gasteiger partial charge in [-0.05, 0) is 66.8 Å². The van der Waals surface area contributed by atoms with E-state index in [-0.39, 0.29) is 51.1 Å². The van der Waals surface area contributed by atoms with Gasteiger partial charge in [0.05, 0.1) is 24.8 Å². The Morgan fingerprint density at radius 2 is 1.73 bits per heavy atom. The molecule has 1 aliphatic carbocycles. The molecule has 3 aliphatic heterocycles. The zero-order valence-corrected chi connectivity index (χ0v) is 33.5. The molecule has 3 aromatic rings. The standard InChI is InChI=1S/C42H46F4N6O7S/c1-2-27-20-42(27)40(55)50-60(57,58)37-18-28(43)13-15-34(37)47-16-7-5-3-4-6-11-35(48-21-25-12-14-32(45)33(46)17-25)39(54)52-23-29(19-36(52)38(53)49-42)59-41(56)51-22-26-9-8-10-31(44)30(26)24-51/h2,8-10,12-15,17-18,27,29,35-36,47-48H,1,3-7,11,16,19-24H2,(H,49,53)(H,50,55)/t27-,29-,35+,36+,42-/m1/s1. The number of rotatable bonds is 5.